The first kappa shape index (κ1) is 11.6. The Morgan fingerprint density at radius 2 is 2.13 bits per heavy atom. The Hall–Kier alpha value is 0.140. The van der Waals surface area contributed by atoms with Crippen molar-refractivity contribution in [1.82, 2.24) is 0 Å². The highest BCUT2D eigenvalue weighted by molar-refractivity contribution is 9.11. The Bertz CT molecular complexity index is 343. The Morgan fingerprint density at radius 1 is 1.47 bits per heavy atom. The molecule has 0 aliphatic heterocycles. The summed E-state index contributed by atoms with van der Waals surface area (Å²) in [6, 6.07) is 4.31. The Labute approximate surface area is 104 Å². The van der Waals surface area contributed by atoms with Gasteiger partial charge in [0.1, 0.15) is 0 Å². The molecule has 1 saturated carbocycles. The minimum atomic E-state index is -0.0987. The Morgan fingerprint density at radius 3 is 2.53 bits per heavy atom. The van der Waals surface area contributed by atoms with Crippen molar-refractivity contribution in [1.29, 1.82) is 0 Å². The van der Waals surface area contributed by atoms with Crippen LogP contribution in [-0.4, -0.2) is 11.2 Å². The Kier molecular flexibility index (Phi) is 3.25. The zero-order valence-electron chi connectivity index (χ0n) is 9.16. The quantitative estimate of drug-likeness (QED) is 0.885. The molecule has 84 valence electrons. The van der Waals surface area contributed by atoms with E-state index in [1.807, 2.05) is 11.3 Å². The second-order valence-corrected chi connectivity index (χ2v) is 6.88. The molecule has 3 heteroatoms. The molecule has 1 aromatic rings. The second-order valence-electron chi connectivity index (χ2n) is 4.39. The van der Waals surface area contributed by atoms with Crippen LogP contribution in [0, 0.1) is 5.41 Å². The molecule has 0 bridgehead atoms. The maximum atomic E-state index is 9.99. The summed E-state index contributed by atoms with van der Waals surface area (Å²) in [5, 5.41) is 9.99. The van der Waals surface area contributed by atoms with Crippen LogP contribution >= 0.6 is 27.3 Å². The van der Waals surface area contributed by atoms with Crippen LogP contribution < -0.4 is 0 Å². The molecule has 1 aromatic heterocycles. The van der Waals surface area contributed by atoms with Crippen LogP contribution in [0.1, 0.15) is 43.9 Å². The normalized spacial score (nSPS) is 28.8. The van der Waals surface area contributed by atoms with Crippen LogP contribution in [0.3, 0.4) is 0 Å². The van der Waals surface area contributed by atoms with Crippen molar-refractivity contribution in [2.75, 3.05) is 0 Å². The van der Waals surface area contributed by atoms with Crippen molar-refractivity contribution >= 4 is 27.3 Å². The fourth-order valence-corrected chi connectivity index (χ4v) is 4.56. The minimum Gasteiger partial charge on any atom is -0.393 e. The maximum absolute atomic E-state index is 9.99. The van der Waals surface area contributed by atoms with Crippen LogP contribution in [-0.2, 0) is 0 Å². The lowest BCUT2D eigenvalue weighted by Crippen LogP contribution is -2.50. The van der Waals surface area contributed by atoms with Gasteiger partial charge in [0.2, 0.25) is 0 Å². The monoisotopic (exact) mass is 288 g/mol. The third-order valence-electron chi connectivity index (χ3n) is 4.07. The van der Waals surface area contributed by atoms with Gasteiger partial charge in [-0.3, -0.25) is 0 Å². The van der Waals surface area contributed by atoms with E-state index in [0.29, 0.717) is 5.92 Å². The van der Waals surface area contributed by atoms with Crippen molar-refractivity contribution in [3.8, 4) is 0 Å². The molecule has 2 rings (SSSR count). The van der Waals surface area contributed by atoms with Gasteiger partial charge in [0, 0.05) is 16.2 Å². The van der Waals surface area contributed by atoms with Gasteiger partial charge in [0.05, 0.1) is 9.89 Å². The number of halogens is 1. The second kappa shape index (κ2) is 4.19. The Balaban J connectivity index is 2.25. The van der Waals surface area contributed by atoms with Crippen LogP contribution in [0.4, 0.5) is 0 Å². The van der Waals surface area contributed by atoms with Crippen molar-refractivity contribution in [2.24, 2.45) is 5.41 Å². The smallest absolute Gasteiger partial charge is 0.0701 e. The lowest BCUT2D eigenvalue weighted by Gasteiger charge is -2.53. The van der Waals surface area contributed by atoms with Crippen molar-refractivity contribution in [2.45, 2.75) is 45.1 Å². The van der Waals surface area contributed by atoms with E-state index in [2.05, 4.69) is 41.9 Å². The molecule has 1 nitrogen and oxygen atoms in total. The number of aliphatic hydroxyl groups excluding tert-OH is 1. The highest BCUT2D eigenvalue weighted by Crippen LogP contribution is 2.58. The van der Waals surface area contributed by atoms with Crippen molar-refractivity contribution < 1.29 is 5.11 Å². The van der Waals surface area contributed by atoms with Crippen molar-refractivity contribution in [3.05, 3.63) is 20.8 Å². The highest BCUT2D eigenvalue weighted by atomic mass is 79.9. The summed E-state index contributed by atoms with van der Waals surface area (Å²) in [4.78, 5) is 1.43. The zero-order chi connectivity index (χ0) is 11.1. The van der Waals surface area contributed by atoms with Crippen LogP contribution in [0.15, 0.2) is 15.9 Å². The summed E-state index contributed by atoms with van der Waals surface area (Å²) >= 11 is 5.32. The topological polar surface area (TPSA) is 20.2 Å². The van der Waals surface area contributed by atoms with E-state index in [1.165, 1.54) is 8.66 Å². The summed E-state index contributed by atoms with van der Waals surface area (Å²) in [5.74, 6) is 0.568. The fraction of sp³-hybridized carbons (Fsp3) is 0.667. The van der Waals surface area contributed by atoms with Crippen LogP contribution in [0.2, 0.25) is 0 Å². The van der Waals surface area contributed by atoms with Gasteiger partial charge >= 0.3 is 0 Å². The number of hydrogen-bond acceptors (Lipinski definition) is 2. The molecule has 2 atom stereocenters. The zero-order valence-corrected chi connectivity index (χ0v) is 11.6. The first-order valence-electron chi connectivity index (χ1n) is 5.57. The van der Waals surface area contributed by atoms with E-state index in [-0.39, 0.29) is 11.5 Å². The number of hydrogen-bond donors (Lipinski definition) is 1. The van der Waals surface area contributed by atoms with Gasteiger partial charge in [-0.15, -0.1) is 11.3 Å². The number of aliphatic hydroxyl groups is 1. The van der Waals surface area contributed by atoms with Gasteiger partial charge in [0.25, 0.3) is 0 Å². The lowest BCUT2D eigenvalue weighted by molar-refractivity contribution is -0.0920. The van der Waals surface area contributed by atoms with Gasteiger partial charge in [-0.1, -0.05) is 13.8 Å². The molecule has 0 radical (unpaired) electrons. The van der Waals surface area contributed by atoms with Gasteiger partial charge < -0.3 is 5.11 Å². The fourth-order valence-electron chi connectivity index (χ4n) is 2.89. The van der Waals surface area contributed by atoms with Gasteiger partial charge in [-0.2, -0.15) is 0 Å². The molecule has 0 saturated heterocycles. The van der Waals surface area contributed by atoms with E-state index < -0.39 is 0 Å². The summed E-state index contributed by atoms with van der Waals surface area (Å²) in [6.45, 7) is 4.39. The third-order valence-corrected chi connectivity index (χ3v) is 5.81. The lowest BCUT2D eigenvalue weighted by atomic mass is 9.54. The molecule has 1 N–H and O–H groups in total. The molecule has 1 fully saturated rings. The van der Waals surface area contributed by atoms with Gasteiger partial charge in [-0.25, -0.2) is 0 Å². The molecular formula is C12H17BrOS. The SMILES string of the molecule is CCC1(CC)C(O)CC1c1ccc(Br)s1. The largest absolute Gasteiger partial charge is 0.393 e. The molecule has 1 aliphatic carbocycles. The first-order chi connectivity index (χ1) is 7.14. The summed E-state index contributed by atoms with van der Waals surface area (Å²) in [6.07, 6.45) is 2.99. The molecule has 0 spiro atoms. The molecule has 2 unspecified atom stereocenters. The van der Waals surface area contributed by atoms with E-state index >= 15 is 0 Å². The molecular weight excluding hydrogens is 272 g/mol. The molecule has 1 aliphatic rings. The molecule has 0 aromatic carbocycles. The maximum Gasteiger partial charge on any atom is 0.0701 e. The standard InChI is InChI=1S/C12H17BrOS/c1-3-12(4-2)8(7-10(12)14)9-5-6-11(13)15-9/h5-6,8,10,14H,3-4,7H2,1-2H3. The minimum absolute atomic E-state index is 0.0987. The molecule has 15 heavy (non-hydrogen) atoms. The predicted molar refractivity (Wildman–Crippen MR) is 68.4 cm³/mol. The summed E-state index contributed by atoms with van der Waals surface area (Å²) in [7, 11) is 0. The third kappa shape index (κ3) is 1.69. The molecule has 0 amide bonds. The van der Waals surface area contributed by atoms with E-state index in [9.17, 15) is 5.11 Å². The van der Waals surface area contributed by atoms with E-state index in [0.717, 1.165) is 19.3 Å². The number of thiophene rings is 1. The van der Waals surface area contributed by atoms with Gasteiger partial charge in [0.15, 0.2) is 0 Å². The highest BCUT2D eigenvalue weighted by Gasteiger charge is 2.52. The summed E-state index contributed by atoms with van der Waals surface area (Å²) < 4.78 is 1.19. The first-order valence-corrected chi connectivity index (χ1v) is 7.18. The number of rotatable bonds is 3. The van der Waals surface area contributed by atoms with Gasteiger partial charge in [-0.05, 0) is 47.3 Å². The van der Waals surface area contributed by atoms with Crippen LogP contribution in [0.5, 0.6) is 0 Å². The van der Waals surface area contributed by atoms with Crippen molar-refractivity contribution in [3.63, 3.8) is 0 Å². The molecule has 1 heterocycles. The average molecular weight is 289 g/mol. The predicted octanol–water partition coefficient (Wildman–Crippen LogP) is 4.17. The van der Waals surface area contributed by atoms with E-state index in [4.69, 9.17) is 0 Å². The summed E-state index contributed by atoms with van der Waals surface area (Å²) in [5.41, 5.74) is 0.143. The van der Waals surface area contributed by atoms with E-state index in [1.54, 1.807) is 0 Å². The average Bonchev–Trinajstić information content (AvgIpc) is 2.63. The van der Waals surface area contributed by atoms with Crippen LogP contribution in [0.25, 0.3) is 0 Å².